The van der Waals surface area contributed by atoms with Crippen LogP contribution < -0.4 is 0 Å². The summed E-state index contributed by atoms with van der Waals surface area (Å²) >= 11 is 0. The van der Waals surface area contributed by atoms with Crippen LogP contribution in [0.1, 0.15) is 44.1 Å². The van der Waals surface area contributed by atoms with E-state index in [1.807, 2.05) is 6.92 Å². The molecular weight excluding hydrogens is 282 g/mol. The smallest absolute Gasteiger partial charge is 0.137 e. The molecule has 0 spiro atoms. The van der Waals surface area contributed by atoms with Gasteiger partial charge in [0, 0.05) is 24.4 Å². The summed E-state index contributed by atoms with van der Waals surface area (Å²) in [6.07, 6.45) is 4.21. The van der Waals surface area contributed by atoms with Gasteiger partial charge in [-0.05, 0) is 48.6 Å². The summed E-state index contributed by atoms with van der Waals surface area (Å²) in [6.45, 7) is 2.01. The molecule has 0 N–H and O–H groups in total. The summed E-state index contributed by atoms with van der Waals surface area (Å²) in [5, 5.41) is 2.57. The van der Waals surface area contributed by atoms with E-state index in [1.165, 1.54) is 29.2 Å². The molecule has 120 valence electrons. The van der Waals surface area contributed by atoms with Crippen molar-refractivity contribution in [2.45, 2.75) is 50.6 Å². The van der Waals surface area contributed by atoms with E-state index in [-0.39, 0.29) is 5.92 Å². The number of hydrogen-bond donors (Lipinski definition) is 0. The maximum absolute atomic E-state index is 12.7. The lowest BCUT2D eigenvalue weighted by molar-refractivity contribution is -0.126. The van der Waals surface area contributed by atoms with Gasteiger partial charge in [-0.1, -0.05) is 49.4 Å². The van der Waals surface area contributed by atoms with Crippen molar-refractivity contribution in [3.8, 4) is 0 Å². The zero-order valence-corrected chi connectivity index (χ0v) is 14.0. The second kappa shape index (κ2) is 5.76. The molecule has 2 aromatic carbocycles. The number of piperidine rings is 1. The van der Waals surface area contributed by atoms with E-state index >= 15 is 0 Å². The van der Waals surface area contributed by atoms with Crippen molar-refractivity contribution < 1.29 is 4.79 Å². The summed E-state index contributed by atoms with van der Waals surface area (Å²) in [7, 11) is 2.22. The van der Waals surface area contributed by atoms with Crippen LogP contribution in [0.2, 0.25) is 0 Å². The van der Waals surface area contributed by atoms with Crippen molar-refractivity contribution in [1.29, 1.82) is 0 Å². The number of Topliss-reactive ketones (excluding diaryl/α,β-unsaturated/α-hetero) is 1. The Morgan fingerprint density at radius 3 is 2.70 bits per heavy atom. The minimum Gasteiger partial charge on any atom is -0.300 e. The lowest BCUT2D eigenvalue weighted by atomic mass is 9.73. The fourth-order valence-electron chi connectivity index (χ4n) is 4.92. The molecule has 2 saturated heterocycles. The molecule has 0 unspecified atom stereocenters. The molecule has 0 saturated carbocycles. The fraction of sp³-hybridized carbons (Fsp3) is 0.476. The van der Waals surface area contributed by atoms with Crippen LogP contribution in [0, 0.1) is 5.92 Å². The second-order valence-corrected chi connectivity index (χ2v) is 7.26. The Morgan fingerprint density at radius 1 is 1.13 bits per heavy atom. The summed E-state index contributed by atoms with van der Waals surface area (Å²) < 4.78 is 0. The lowest BCUT2D eigenvalue weighted by Gasteiger charge is -2.42. The highest BCUT2D eigenvalue weighted by Gasteiger charge is 2.48. The van der Waals surface area contributed by atoms with E-state index in [2.05, 4.69) is 54.4 Å². The van der Waals surface area contributed by atoms with Crippen molar-refractivity contribution in [1.82, 2.24) is 4.90 Å². The predicted molar refractivity (Wildman–Crippen MR) is 94.7 cm³/mol. The highest BCUT2D eigenvalue weighted by Crippen LogP contribution is 2.47. The molecule has 2 aliphatic heterocycles. The van der Waals surface area contributed by atoms with Crippen molar-refractivity contribution in [2.24, 2.45) is 5.92 Å². The maximum atomic E-state index is 12.7. The molecule has 4 rings (SSSR count). The molecule has 0 radical (unpaired) electrons. The first-order valence-corrected chi connectivity index (χ1v) is 8.92. The first kappa shape index (κ1) is 14.9. The lowest BCUT2D eigenvalue weighted by Crippen LogP contribution is -2.48. The van der Waals surface area contributed by atoms with Crippen LogP contribution >= 0.6 is 0 Å². The Bertz CT molecular complexity index is 737. The van der Waals surface area contributed by atoms with Crippen molar-refractivity contribution >= 4 is 16.6 Å². The predicted octanol–water partition coefficient (Wildman–Crippen LogP) is 4.39. The monoisotopic (exact) mass is 307 g/mol. The molecule has 4 atom stereocenters. The van der Waals surface area contributed by atoms with Crippen LogP contribution in [-0.2, 0) is 4.79 Å². The second-order valence-electron chi connectivity index (χ2n) is 7.26. The van der Waals surface area contributed by atoms with Gasteiger partial charge in [0.25, 0.3) is 0 Å². The van der Waals surface area contributed by atoms with Gasteiger partial charge in [-0.25, -0.2) is 0 Å². The van der Waals surface area contributed by atoms with Gasteiger partial charge >= 0.3 is 0 Å². The number of rotatable bonds is 3. The Kier molecular flexibility index (Phi) is 3.73. The molecule has 2 aliphatic rings. The standard InChI is InChI=1S/C21H25NO/c1-3-20(23)21-18(13-17-10-11-19(21)22(17)2)16-9-8-14-6-4-5-7-15(14)12-16/h4-9,12,17-19,21H,3,10-11,13H2,1-2H3/t17-,18+,19+,21+/m0/s1. The van der Waals surface area contributed by atoms with E-state index < -0.39 is 0 Å². The van der Waals surface area contributed by atoms with E-state index in [0.29, 0.717) is 30.2 Å². The minimum atomic E-state index is 0.171. The van der Waals surface area contributed by atoms with Crippen LogP contribution in [0.3, 0.4) is 0 Å². The van der Waals surface area contributed by atoms with Crippen molar-refractivity contribution in [3.05, 3.63) is 48.0 Å². The molecule has 2 aromatic rings. The number of fused-ring (bicyclic) bond motifs is 3. The number of benzene rings is 2. The van der Waals surface area contributed by atoms with Crippen molar-refractivity contribution in [3.63, 3.8) is 0 Å². The highest BCUT2D eigenvalue weighted by atomic mass is 16.1. The zero-order chi connectivity index (χ0) is 16.0. The third-order valence-electron chi connectivity index (χ3n) is 6.19. The van der Waals surface area contributed by atoms with Gasteiger partial charge in [-0.2, -0.15) is 0 Å². The van der Waals surface area contributed by atoms with Gasteiger partial charge in [-0.3, -0.25) is 9.69 Å². The number of nitrogens with zero attached hydrogens (tertiary/aromatic N) is 1. The van der Waals surface area contributed by atoms with Gasteiger partial charge in [0.2, 0.25) is 0 Å². The van der Waals surface area contributed by atoms with Crippen molar-refractivity contribution in [2.75, 3.05) is 7.05 Å². The first-order valence-electron chi connectivity index (χ1n) is 8.92. The van der Waals surface area contributed by atoms with E-state index in [0.717, 1.165) is 6.42 Å². The molecule has 2 nitrogen and oxygen atoms in total. The molecule has 2 fully saturated rings. The van der Waals surface area contributed by atoms with Crippen LogP contribution in [0.5, 0.6) is 0 Å². The van der Waals surface area contributed by atoms with Crippen LogP contribution in [0.25, 0.3) is 10.8 Å². The Balaban J connectivity index is 1.76. The molecule has 0 aromatic heterocycles. The Morgan fingerprint density at radius 2 is 1.91 bits per heavy atom. The average molecular weight is 307 g/mol. The largest absolute Gasteiger partial charge is 0.300 e. The average Bonchev–Trinajstić information content (AvgIpc) is 2.83. The number of carbonyl (C=O) groups excluding carboxylic acids is 1. The molecule has 0 amide bonds. The molecule has 2 heterocycles. The molecule has 2 heteroatoms. The van der Waals surface area contributed by atoms with Gasteiger partial charge in [-0.15, -0.1) is 0 Å². The number of carbonyl (C=O) groups is 1. The van der Waals surface area contributed by atoms with Gasteiger partial charge in [0.15, 0.2) is 0 Å². The van der Waals surface area contributed by atoms with Gasteiger partial charge < -0.3 is 0 Å². The van der Waals surface area contributed by atoms with Gasteiger partial charge in [0.1, 0.15) is 5.78 Å². The van der Waals surface area contributed by atoms with Crippen LogP contribution in [0.15, 0.2) is 42.5 Å². The van der Waals surface area contributed by atoms with Gasteiger partial charge in [0.05, 0.1) is 0 Å². The summed E-state index contributed by atoms with van der Waals surface area (Å²) in [6, 6.07) is 16.4. The van der Waals surface area contributed by atoms with Crippen LogP contribution in [0.4, 0.5) is 0 Å². The quantitative estimate of drug-likeness (QED) is 0.838. The first-order chi connectivity index (χ1) is 11.2. The topological polar surface area (TPSA) is 20.3 Å². The van der Waals surface area contributed by atoms with E-state index in [9.17, 15) is 4.79 Å². The SMILES string of the molecule is CCC(=O)[C@@H]1[C@@H](c2ccc3ccccc3c2)C[C@@H]2CC[C@H]1N2C. The fourth-order valence-corrected chi connectivity index (χ4v) is 4.92. The molecule has 0 aliphatic carbocycles. The zero-order valence-electron chi connectivity index (χ0n) is 14.0. The highest BCUT2D eigenvalue weighted by molar-refractivity contribution is 5.85. The summed E-state index contributed by atoms with van der Waals surface area (Å²) in [4.78, 5) is 15.2. The third-order valence-corrected chi connectivity index (χ3v) is 6.19. The number of ketones is 1. The molecule has 2 bridgehead atoms. The third kappa shape index (κ3) is 2.40. The van der Waals surface area contributed by atoms with E-state index in [4.69, 9.17) is 0 Å². The Labute approximate surface area is 138 Å². The molecule has 23 heavy (non-hydrogen) atoms. The minimum absolute atomic E-state index is 0.171. The summed E-state index contributed by atoms with van der Waals surface area (Å²) in [5.41, 5.74) is 1.36. The summed E-state index contributed by atoms with van der Waals surface area (Å²) in [5.74, 6) is 1.01. The number of hydrogen-bond acceptors (Lipinski definition) is 2. The Hall–Kier alpha value is -1.67. The van der Waals surface area contributed by atoms with E-state index in [1.54, 1.807) is 0 Å². The van der Waals surface area contributed by atoms with Crippen LogP contribution in [-0.4, -0.2) is 29.8 Å². The molecular formula is C21H25NO. The normalized spacial score (nSPS) is 30.7. The maximum Gasteiger partial charge on any atom is 0.137 e.